The lowest BCUT2D eigenvalue weighted by molar-refractivity contribution is -0.127. The lowest BCUT2D eigenvalue weighted by Crippen LogP contribution is -2.41. The van der Waals surface area contributed by atoms with Crippen LogP contribution in [0.25, 0.3) is 0 Å². The normalized spacial score (nSPS) is 20.4. The predicted octanol–water partition coefficient (Wildman–Crippen LogP) is 0.886. The highest BCUT2D eigenvalue weighted by atomic mass is 16.2. The Hall–Kier alpha value is -1.69. The Morgan fingerprint density at radius 1 is 1.17 bits per heavy atom. The Labute approximate surface area is 137 Å². The maximum atomic E-state index is 12.1. The number of carbonyl (C=O) groups is 1. The van der Waals surface area contributed by atoms with Gasteiger partial charge >= 0.3 is 0 Å². The molecular weight excluding hydrogens is 292 g/mol. The van der Waals surface area contributed by atoms with E-state index in [9.17, 15) is 9.59 Å². The molecule has 2 saturated heterocycles. The molecule has 1 aromatic heterocycles. The topological polar surface area (TPSA) is 58.4 Å². The van der Waals surface area contributed by atoms with Crippen LogP contribution in [0.5, 0.6) is 0 Å². The van der Waals surface area contributed by atoms with Gasteiger partial charge in [-0.2, -0.15) is 0 Å². The number of aromatic nitrogens is 2. The van der Waals surface area contributed by atoms with Crippen LogP contribution in [0.15, 0.2) is 17.3 Å². The van der Waals surface area contributed by atoms with Gasteiger partial charge in [-0.15, -0.1) is 0 Å². The molecule has 126 valence electrons. The minimum absolute atomic E-state index is 0.0787. The first-order valence-electron chi connectivity index (χ1n) is 8.64. The summed E-state index contributed by atoms with van der Waals surface area (Å²) in [6, 6.07) is 0. The van der Waals surface area contributed by atoms with E-state index in [1.165, 1.54) is 0 Å². The van der Waals surface area contributed by atoms with Crippen molar-refractivity contribution in [2.45, 2.75) is 39.2 Å². The molecular formula is C17H26N4O2. The largest absolute Gasteiger partial charge is 0.341 e. The zero-order valence-corrected chi connectivity index (χ0v) is 13.9. The van der Waals surface area contributed by atoms with Gasteiger partial charge in [-0.3, -0.25) is 14.2 Å². The van der Waals surface area contributed by atoms with Crippen molar-refractivity contribution in [3.63, 3.8) is 0 Å². The molecule has 2 aliphatic rings. The van der Waals surface area contributed by atoms with Crippen LogP contribution in [0, 0.1) is 12.8 Å². The minimum atomic E-state index is 0.0787. The molecule has 3 rings (SSSR count). The lowest BCUT2D eigenvalue weighted by atomic mass is 9.96. The highest BCUT2D eigenvalue weighted by molar-refractivity contribution is 5.78. The van der Waals surface area contributed by atoms with Crippen molar-refractivity contribution in [3.8, 4) is 0 Å². The molecule has 0 aromatic carbocycles. The molecule has 3 heterocycles. The maximum absolute atomic E-state index is 12.1. The second-order valence-corrected chi connectivity index (χ2v) is 6.80. The minimum Gasteiger partial charge on any atom is -0.341 e. The summed E-state index contributed by atoms with van der Waals surface area (Å²) in [4.78, 5) is 32.2. The summed E-state index contributed by atoms with van der Waals surface area (Å²) in [5.74, 6) is 0.854. The molecule has 6 heteroatoms. The van der Waals surface area contributed by atoms with Crippen LogP contribution in [-0.2, 0) is 11.3 Å². The highest BCUT2D eigenvalue weighted by Crippen LogP contribution is 2.19. The zero-order valence-electron chi connectivity index (χ0n) is 13.9. The average Bonchev–Trinajstić information content (AvgIpc) is 2.96. The van der Waals surface area contributed by atoms with Gasteiger partial charge < -0.3 is 9.80 Å². The molecule has 0 radical (unpaired) electrons. The molecule has 0 unspecified atom stereocenters. The first-order chi connectivity index (χ1) is 11.1. The fourth-order valence-electron chi connectivity index (χ4n) is 3.56. The van der Waals surface area contributed by atoms with E-state index in [0.29, 0.717) is 17.4 Å². The van der Waals surface area contributed by atoms with Crippen LogP contribution >= 0.6 is 0 Å². The Balaban J connectivity index is 1.44. The van der Waals surface area contributed by atoms with Gasteiger partial charge in [-0.05, 0) is 45.2 Å². The van der Waals surface area contributed by atoms with E-state index in [1.807, 2.05) is 11.8 Å². The lowest BCUT2D eigenvalue weighted by Gasteiger charge is -2.33. The van der Waals surface area contributed by atoms with Crippen LogP contribution in [0.1, 0.15) is 31.2 Å². The molecule has 2 aliphatic heterocycles. The summed E-state index contributed by atoms with van der Waals surface area (Å²) >= 11 is 0. The van der Waals surface area contributed by atoms with Gasteiger partial charge in [-0.25, -0.2) is 4.98 Å². The predicted molar refractivity (Wildman–Crippen MR) is 88.2 cm³/mol. The van der Waals surface area contributed by atoms with E-state index in [1.54, 1.807) is 17.1 Å². The van der Waals surface area contributed by atoms with Gasteiger partial charge in [0.25, 0.3) is 5.56 Å². The van der Waals surface area contributed by atoms with E-state index < -0.39 is 0 Å². The van der Waals surface area contributed by atoms with Crippen molar-refractivity contribution in [3.05, 3.63) is 28.4 Å². The number of piperidine rings is 1. The number of carbonyl (C=O) groups excluding carboxylic acids is 1. The number of hydrogen-bond donors (Lipinski definition) is 0. The van der Waals surface area contributed by atoms with Crippen LogP contribution in [0.2, 0.25) is 0 Å². The summed E-state index contributed by atoms with van der Waals surface area (Å²) in [6.07, 6.45) is 7.23. The summed E-state index contributed by atoms with van der Waals surface area (Å²) in [5, 5.41) is 0. The molecule has 0 bridgehead atoms. The number of amides is 1. The highest BCUT2D eigenvalue weighted by Gasteiger charge is 2.23. The molecule has 0 atom stereocenters. The summed E-state index contributed by atoms with van der Waals surface area (Å²) in [6.45, 7) is 7.47. The second kappa shape index (κ2) is 7.25. The van der Waals surface area contributed by atoms with Crippen LogP contribution in [0.4, 0.5) is 0 Å². The first-order valence-corrected chi connectivity index (χ1v) is 8.64. The average molecular weight is 318 g/mol. The summed E-state index contributed by atoms with van der Waals surface area (Å²) in [7, 11) is 0. The third-order valence-corrected chi connectivity index (χ3v) is 5.09. The van der Waals surface area contributed by atoms with Crippen LogP contribution in [-0.4, -0.2) is 58.0 Å². The van der Waals surface area contributed by atoms with Crippen LogP contribution in [0.3, 0.4) is 0 Å². The van der Waals surface area contributed by atoms with E-state index in [0.717, 1.165) is 65.0 Å². The van der Waals surface area contributed by atoms with Crippen LogP contribution < -0.4 is 5.56 Å². The molecule has 6 nitrogen and oxygen atoms in total. The number of nitrogens with zero attached hydrogens (tertiary/aromatic N) is 4. The van der Waals surface area contributed by atoms with Crippen molar-refractivity contribution < 1.29 is 4.79 Å². The molecule has 1 aromatic rings. The van der Waals surface area contributed by atoms with Crippen molar-refractivity contribution in [2.75, 3.05) is 32.7 Å². The zero-order chi connectivity index (χ0) is 16.2. The Morgan fingerprint density at radius 3 is 2.65 bits per heavy atom. The molecule has 0 N–H and O–H groups in total. The standard InChI is InChI=1S/C17H26N4O2/c1-14-11-18-13-21(17(14)23)12-15-4-7-19(8-5-15)9-10-20-6-2-3-16(20)22/h11,13,15H,2-10,12H2,1H3. The number of likely N-dealkylation sites (tertiary alicyclic amines) is 2. The SMILES string of the molecule is Cc1cncn(CC2CCN(CCN3CCCC3=O)CC2)c1=O. The van der Waals surface area contributed by atoms with E-state index >= 15 is 0 Å². The number of aryl methyl sites for hydroxylation is 1. The third kappa shape index (κ3) is 3.99. The summed E-state index contributed by atoms with van der Waals surface area (Å²) in [5.41, 5.74) is 0.787. The van der Waals surface area contributed by atoms with Crippen molar-refractivity contribution in [1.29, 1.82) is 0 Å². The van der Waals surface area contributed by atoms with E-state index in [4.69, 9.17) is 0 Å². The van der Waals surface area contributed by atoms with Crippen molar-refractivity contribution in [2.24, 2.45) is 5.92 Å². The van der Waals surface area contributed by atoms with Gasteiger partial charge in [0, 0.05) is 44.4 Å². The number of rotatable bonds is 5. The smallest absolute Gasteiger partial charge is 0.256 e. The van der Waals surface area contributed by atoms with E-state index in [-0.39, 0.29) is 5.56 Å². The molecule has 23 heavy (non-hydrogen) atoms. The Bertz CT molecular complexity index is 605. The monoisotopic (exact) mass is 318 g/mol. The molecule has 0 spiro atoms. The van der Waals surface area contributed by atoms with Gasteiger partial charge in [0.15, 0.2) is 0 Å². The quantitative estimate of drug-likeness (QED) is 0.809. The molecule has 0 aliphatic carbocycles. The molecule has 1 amide bonds. The van der Waals surface area contributed by atoms with Crippen molar-refractivity contribution in [1.82, 2.24) is 19.4 Å². The third-order valence-electron chi connectivity index (χ3n) is 5.09. The van der Waals surface area contributed by atoms with Crippen molar-refractivity contribution >= 4 is 5.91 Å². The van der Waals surface area contributed by atoms with Gasteiger partial charge in [0.1, 0.15) is 0 Å². The fraction of sp³-hybridized carbons (Fsp3) is 0.706. The van der Waals surface area contributed by atoms with Gasteiger partial charge in [0.05, 0.1) is 6.33 Å². The Kier molecular flexibility index (Phi) is 5.10. The first kappa shape index (κ1) is 16.2. The Morgan fingerprint density at radius 2 is 1.96 bits per heavy atom. The fourth-order valence-corrected chi connectivity index (χ4v) is 3.56. The maximum Gasteiger partial charge on any atom is 0.256 e. The van der Waals surface area contributed by atoms with Gasteiger partial charge in [-0.1, -0.05) is 0 Å². The molecule has 2 fully saturated rings. The van der Waals surface area contributed by atoms with Gasteiger partial charge in [0.2, 0.25) is 5.91 Å². The second-order valence-electron chi connectivity index (χ2n) is 6.80. The number of hydrogen-bond acceptors (Lipinski definition) is 4. The van der Waals surface area contributed by atoms with E-state index in [2.05, 4.69) is 9.88 Å². The summed E-state index contributed by atoms with van der Waals surface area (Å²) < 4.78 is 1.75. The molecule has 0 saturated carbocycles.